The van der Waals surface area contributed by atoms with Crippen LogP contribution >= 0.6 is 0 Å². The molecule has 0 atom stereocenters. The lowest BCUT2D eigenvalue weighted by Gasteiger charge is -1.89. The lowest BCUT2D eigenvalue weighted by atomic mass is 10.2. The van der Waals surface area contributed by atoms with Crippen LogP contribution in [0, 0.1) is 6.92 Å². The second-order valence-electron chi connectivity index (χ2n) is 3.37. The number of carbonyl (C=O) groups is 1. The van der Waals surface area contributed by atoms with Crippen molar-refractivity contribution in [3.8, 4) is 11.3 Å². The highest BCUT2D eigenvalue weighted by atomic mass is 16.5. The molecule has 2 aromatic heterocycles. The minimum Gasteiger partial charge on any atom is -0.476 e. The molecule has 16 heavy (non-hydrogen) atoms. The van der Waals surface area contributed by atoms with Crippen LogP contribution in [-0.2, 0) is 6.54 Å². The summed E-state index contributed by atoms with van der Waals surface area (Å²) in [5.74, 6) is -0.676. The van der Waals surface area contributed by atoms with Gasteiger partial charge >= 0.3 is 5.97 Å². The van der Waals surface area contributed by atoms with Crippen molar-refractivity contribution in [2.75, 3.05) is 0 Å². The summed E-state index contributed by atoms with van der Waals surface area (Å²) in [6, 6.07) is 1.40. The predicted octanol–water partition coefficient (Wildman–Crippen LogP) is 1.56. The Kier molecular flexibility index (Phi) is 2.47. The Morgan fingerprint density at radius 1 is 1.62 bits per heavy atom. The highest BCUT2D eigenvalue weighted by molar-refractivity contribution is 5.86. The van der Waals surface area contributed by atoms with Gasteiger partial charge in [-0.25, -0.2) is 4.79 Å². The first-order valence-corrected chi connectivity index (χ1v) is 4.86. The van der Waals surface area contributed by atoms with Crippen LogP contribution in [0.15, 0.2) is 16.8 Å². The van der Waals surface area contributed by atoms with Crippen LogP contribution in [0.2, 0.25) is 0 Å². The molecule has 1 N–H and O–H groups in total. The molecule has 0 unspecified atom stereocenters. The summed E-state index contributed by atoms with van der Waals surface area (Å²) >= 11 is 0. The smallest absolute Gasteiger partial charge is 0.358 e. The molecule has 0 spiro atoms. The molecule has 6 heteroatoms. The van der Waals surface area contributed by atoms with Crippen molar-refractivity contribution in [3.05, 3.63) is 23.7 Å². The molecule has 6 nitrogen and oxygen atoms in total. The van der Waals surface area contributed by atoms with Crippen LogP contribution < -0.4 is 0 Å². The van der Waals surface area contributed by atoms with E-state index in [9.17, 15) is 4.79 Å². The van der Waals surface area contributed by atoms with Crippen molar-refractivity contribution < 1.29 is 14.4 Å². The van der Waals surface area contributed by atoms with Gasteiger partial charge in [-0.05, 0) is 13.8 Å². The zero-order valence-corrected chi connectivity index (χ0v) is 8.97. The van der Waals surface area contributed by atoms with E-state index in [1.165, 1.54) is 6.07 Å². The monoisotopic (exact) mass is 221 g/mol. The molecule has 84 valence electrons. The van der Waals surface area contributed by atoms with E-state index in [-0.39, 0.29) is 5.69 Å². The summed E-state index contributed by atoms with van der Waals surface area (Å²) in [6.07, 6.45) is 1.81. The molecule has 0 aliphatic carbocycles. The Balaban J connectivity index is 2.41. The van der Waals surface area contributed by atoms with Gasteiger partial charge in [-0.2, -0.15) is 5.10 Å². The van der Waals surface area contributed by atoms with Crippen LogP contribution in [0.1, 0.15) is 23.1 Å². The fourth-order valence-electron chi connectivity index (χ4n) is 1.42. The van der Waals surface area contributed by atoms with Gasteiger partial charge in [0.25, 0.3) is 0 Å². The topological polar surface area (TPSA) is 81.2 Å². The highest BCUT2D eigenvalue weighted by Gasteiger charge is 2.15. The van der Waals surface area contributed by atoms with E-state index in [0.717, 1.165) is 17.8 Å². The van der Waals surface area contributed by atoms with E-state index in [4.69, 9.17) is 9.63 Å². The summed E-state index contributed by atoms with van der Waals surface area (Å²) in [5, 5.41) is 16.4. The Labute approximate surface area is 91.5 Å². The third-order valence-electron chi connectivity index (χ3n) is 2.27. The Morgan fingerprint density at radius 2 is 2.38 bits per heavy atom. The summed E-state index contributed by atoms with van der Waals surface area (Å²) < 4.78 is 6.72. The molecule has 2 aromatic rings. The van der Waals surface area contributed by atoms with E-state index in [1.54, 1.807) is 4.68 Å². The predicted molar refractivity (Wildman–Crippen MR) is 55.1 cm³/mol. The average molecular weight is 221 g/mol. The SMILES string of the molecule is CCn1cc(-c2cc(C(=O)O)no2)c(C)n1. The minimum absolute atomic E-state index is 0.0985. The van der Waals surface area contributed by atoms with Gasteiger partial charge in [0.2, 0.25) is 0 Å². The van der Waals surface area contributed by atoms with Gasteiger partial charge in [-0.15, -0.1) is 0 Å². The van der Waals surface area contributed by atoms with Crippen molar-refractivity contribution in [2.24, 2.45) is 0 Å². The number of carboxylic acids is 1. The third-order valence-corrected chi connectivity index (χ3v) is 2.27. The molecule has 0 radical (unpaired) electrons. The van der Waals surface area contributed by atoms with Crippen LogP contribution in [0.25, 0.3) is 11.3 Å². The van der Waals surface area contributed by atoms with Crippen LogP contribution in [0.4, 0.5) is 0 Å². The molecular weight excluding hydrogens is 210 g/mol. The summed E-state index contributed by atoms with van der Waals surface area (Å²) in [4.78, 5) is 10.6. The molecule has 0 aromatic carbocycles. The standard InChI is InChI=1S/C10H11N3O3/c1-3-13-5-7(6(2)11-13)9-4-8(10(14)15)12-16-9/h4-5H,3H2,1-2H3,(H,14,15). The van der Waals surface area contributed by atoms with E-state index >= 15 is 0 Å². The number of carboxylic acid groups (broad SMARTS) is 1. The van der Waals surface area contributed by atoms with Crippen molar-refractivity contribution in [3.63, 3.8) is 0 Å². The fourth-order valence-corrected chi connectivity index (χ4v) is 1.42. The third kappa shape index (κ3) is 1.69. The van der Waals surface area contributed by atoms with Crippen LogP contribution in [0.5, 0.6) is 0 Å². The first-order valence-electron chi connectivity index (χ1n) is 4.86. The molecule has 2 heterocycles. The zero-order chi connectivity index (χ0) is 11.7. The van der Waals surface area contributed by atoms with E-state index in [1.807, 2.05) is 20.0 Å². The lowest BCUT2D eigenvalue weighted by molar-refractivity contribution is 0.0686. The van der Waals surface area contributed by atoms with Crippen molar-refractivity contribution in [1.29, 1.82) is 0 Å². The van der Waals surface area contributed by atoms with Gasteiger partial charge in [0.1, 0.15) is 0 Å². The molecule has 0 fully saturated rings. The van der Waals surface area contributed by atoms with Crippen molar-refractivity contribution in [1.82, 2.24) is 14.9 Å². The van der Waals surface area contributed by atoms with Gasteiger partial charge in [0.05, 0.1) is 11.3 Å². The van der Waals surface area contributed by atoms with Gasteiger partial charge in [-0.1, -0.05) is 5.16 Å². The zero-order valence-electron chi connectivity index (χ0n) is 8.97. The molecule has 0 amide bonds. The Hall–Kier alpha value is -2.11. The maximum absolute atomic E-state index is 10.6. The highest BCUT2D eigenvalue weighted by Crippen LogP contribution is 2.23. The second-order valence-corrected chi connectivity index (χ2v) is 3.37. The molecular formula is C10H11N3O3. The number of aryl methyl sites for hydroxylation is 2. The number of hydrogen-bond acceptors (Lipinski definition) is 4. The first kappa shape index (κ1) is 10.4. The van der Waals surface area contributed by atoms with Gasteiger partial charge in [0.15, 0.2) is 11.5 Å². The van der Waals surface area contributed by atoms with Gasteiger partial charge in [-0.3, -0.25) is 4.68 Å². The summed E-state index contributed by atoms with van der Waals surface area (Å²) in [6.45, 7) is 4.56. The number of aromatic carboxylic acids is 1. The van der Waals surface area contributed by atoms with Gasteiger partial charge in [0, 0.05) is 18.8 Å². The van der Waals surface area contributed by atoms with E-state index < -0.39 is 5.97 Å². The van der Waals surface area contributed by atoms with Gasteiger partial charge < -0.3 is 9.63 Å². The summed E-state index contributed by atoms with van der Waals surface area (Å²) in [5.41, 5.74) is 1.45. The van der Waals surface area contributed by atoms with E-state index in [0.29, 0.717) is 5.76 Å². The summed E-state index contributed by atoms with van der Waals surface area (Å²) in [7, 11) is 0. The van der Waals surface area contributed by atoms with Crippen molar-refractivity contribution in [2.45, 2.75) is 20.4 Å². The Bertz CT molecular complexity index is 527. The maximum atomic E-state index is 10.6. The largest absolute Gasteiger partial charge is 0.476 e. The maximum Gasteiger partial charge on any atom is 0.358 e. The number of nitrogens with zero attached hydrogens (tertiary/aromatic N) is 3. The lowest BCUT2D eigenvalue weighted by Crippen LogP contribution is -1.94. The molecule has 0 saturated carbocycles. The minimum atomic E-state index is -1.10. The molecule has 2 rings (SSSR count). The van der Waals surface area contributed by atoms with E-state index in [2.05, 4.69) is 10.3 Å². The number of rotatable bonds is 3. The quantitative estimate of drug-likeness (QED) is 0.850. The van der Waals surface area contributed by atoms with Crippen LogP contribution in [0.3, 0.4) is 0 Å². The Morgan fingerprint density at radius 3 is 2.88 bits per heavy atom. The fraction of sp³-hybridized carbons (Fsp3) is 0.300. The first-order chi connectivity index (χ1) is 7.61. The normalized spacial score (nSPS) is 10.6. The second kappa shape index (κ2) is 3.80. The number of aromatic nitrogens is 3. The molecule has 0 aliphatic heterocycles. The molecule has 0 bridgehead atoms. The van der Waals surface area contributed by atoms with Crippen LogP contribution in [-0.4, -0.2) is 26.0 Å². The number of hydrogen-bond donors (Lipinski definition) is 1. The van der Waals surface area contributed by atoms with Crippen molar-refractivity contribution >= 4 is 5.97 Å². The molecule has 0 saturated heterocycles. The average Bonchev–Trinajstić information content (AvgIpc) is 2.83. The molecule has 0 aliphatic rings.